The van der Waals surface area contributed by atoms with Gasteiger partial charge in [-0.25, -0.2) is 0 Å². The standard InChI is InChI=1S/C14H21N3O3/c1-10-6-4-5-7-12(10)16-14(20)13(19)15-8-11(18)9-17(2)3/h4-7,11,18H,8-9H2,1-3H3,(H,15,19)(H,16,20)/t11-/m1/s1. The minimum Gasteiger partial charge on any atom is -0.390 e. The van der Waals surface area contributed by atoms with Crippen molar-refractivity contribution in [1.29, 1.82) is 0 Å². The highest BCUT2D eigenvalue weighted by Crippen LogP contribution is 2.12. The molecule has 0 saturated carbocycles. The van der Waals surface area contributed by atoms with Crippen LogP contribution in [0.4, 0.5) is 5.69 Å². The predicted octanol–water partition coefficient (Wildman–Crippen LogP) is -0.0278. The number of benzene rings is 1. The number of carbonyl (C=O) groups excluding carboxylic acids is 2. The molecule has 6 nitrogen and oxygen atoms in total. The summed E-state index contributed by atoms with van der Waals surface area (Å²) < 4.78 is 0. The Morgan fingerprint density at radius 3 is 2.50 bits per heavy atom. The van der Waals surface area contributed by atoms with E-state index in [1.54, 1.807) is 17.0 Å². The topological polar surface area (TPSA) is 81.7 Å². The number of nitrogens with one attached hydrogen (secondary N) is 2. The van der Waals surface area contributed by atoms with Crippen LogP contribution in [0.25, 0.3) is 0 Å². The molecule has 1 aromatic carbocycles. The summed E-state index contributed by atoms with van der Waals surface area (Å²) in [5.74, 6) is -1.50. The van der Waals surface area contributed by atoms with Crippen LogP contribution in [0.2, 0.25) is 0 Å². The van der Waals surface area contributed by atoms with Gasteiger partial charge < -0.3 is 20.6 Å². The van der Waals surface area contributed by atoms with Crippen molar-refractivity contribution in [3.8, 4) is 0 Å². The third-order valence-electron chi connectivity index (χ3n) is 2.67. The number of likely N-dealkylation sites (N-methyl/N-ethyl adjacent to an activating group) is 1. The van der Waals surface area contributed by atoms with Crippen molar-refractivity contribution in [2.75, 3.05) is 32.5 Å². The van der Waals surface area contributed by atoms with Gasteiger partial charge in [-0.15, -0.1) is 0 Å². The van der Waals surface area contributed by atoms with Crippen LogP contribution in [0.15, 0.2) is 24.3 Å². The van der Waals surface area contributed by atoms with E-state index in [4.69, 9.17) is 0 Å². The normalized spacial score (nSPS) is 12.1. The largest absolute Gasteiger partial charge is 0.390 e. The number of rotatable bonds is 5. The lowest BCUT2D eigenvalue weighted by Gasteiger charge is -2.16. The molecule has 110 valence electrons. The maximum absolute atomic E-state index is 11.7. The lowest BCUT2D eigenvalue weighted by Crippen LogP contribution is -2.42. The molecule has 0 spiro atoms. The SMILES string of the molecule is Cc1ccccc1NC(=O)C(=O)NC[C@@H](O)CN(C)C. The molecule has 0 aliphatic carbocycles. The molecule has 0 heterocycles. The maximum Gasteiger partial charge on any atom is 0.313 e. The fourth-order valence-electron chi connectivity index (χ4n) is 1.67. The summed E-state index contributed by atoms with van der Waals surface area (Å²) in [7, 11) is 3.63. The fourth-order valence-corrected chi connectivity index (χ4v) is 1.67. The summed E-state index contributed by atoms with van der Waals surface area (Å²) in [5.41, 5.74) is 1.47. The number of hydrogen-bond acceptors (Lipinski definition) is 4. The minimum absolute atomic E-state index is 0.0399. The molecule has 0 saturated heterocycles. The van der Waals surface area contributed by atoms with Gasteiger partial charge in [-0.1, -0.05) is 18.2 Å². The summed E-state index contributed by atoms with van der Waals surface area (Å²) in [4.78, 5) is 25.1. The van der Waals surface area contributed by atoms with E-state index in [2.05, 4.69) is 10.6 Å². The number of amides is 2. The number of hydrogen-bond donors (Lipinski definition) is 3. The zero-order valence-corrected chi connectivity index (χ0v) is 12.0. The number of nitrogens with zero attached hydrogens (tertiary/aromatic N) is 1. The molecule has 1 aromatic rings. The average Bonchev–Trinajstić information content (AvgIpc) is 2.37. The number of anilines is 1. The van der Waals surface area contributed by atoms with Crippen LogP contribution >= 0.6 is 0 Å². The summed E-state index contributed by atoms with van der Waals surface area (Å²) in [6, 6.07) is 7.19. The van der Waals surface area contributed by atoms with Crippen molar-refractivity contribution in [2.45, 2.75) is 13.0 Å². The second kappa shape index (κ2) is 7.62. The maximum atomic E-state index is 11.7. The first-order valence-corrected chi connectivity index (χ1v) is 6.37. The van der Waals surface area contributed by atoms with Crippen LogP contribution in [0.5, 0.6) is 0 Å². The molecule has 3 N–H and O–H groups in total. The minimum atomic E-state index is -0.758. The molecule has 0 unspecified atom stereocenters. The van der Waals surface area contributed by atoms with Crippen LogP contribution in [-0.2, 0) is 9.59 Å². The van der Waals surface area contributed by atoms with Gasteiger partial charge in [0, 0.05) is 18.8 Å². The molecule has 1 atom stereocenters. The highest BCUT2D eigenvalue weighted by atomic mass is 16.3. The van der Waals surface area contributed by atoms with E-state index in [1.165, 1.54) is 0 Å². The summed E-state index contributed by atoms with van der Waals surface area (Å²) in [6.07, 6.45) is -0.708. The third kappa shape index (κ3) is 5.38. The van der Waals surface area contributed by atoms with Crippen LogP contribution in [0, 0.1) is 6.92 Å². The zero-order valence-electron chi connectivity index (χ0n) is 12.0. The van der Waals surface area contributed by atoms with Crippen molar-refractivity contribution in [3.05, 3.63) is 29.8 Å². The fraction of sp³-hybridized carbons (Fsp3) is 0.429. The molecular weight excluding hydrogens is 258 g/mol. The lowest BCUT2D eigenvalue weighted by atomic mass is 10.2. The van der Waals surface area contributed by atoms with E-state index in [1.807, 2.05) is 33.2 Å². The Balaban J connectivity index is 2.44. The van der Waals surface area contributed by atoms with Gasteiger partial charge in [-0.3, -0.25) is 9.59 Å². The molecular formula is C14H21N3O3. The summed E-state index contributed by atoms with van der Waals surface area (Å²) >= 11 is 0. The summed E-state index contributed by atoms with van der Waals surface area (Å²) in [6.45, 7) is 2.30. The molecule has 0 radical (unpaired) electrons. The third-order valence-corrected chi connectivity index (χ3v) is 2.67. The van der Waals surface area contributed by atoms with Crippen molar-refractivity contribution < 1.29 is 14.7 Å². The quantitative estimate of drug-likeness (QED) is 0.661. The first-order valence-electron chi connectivity index (χ1n) is 6.37. The van der Waals surface area contributed by atoms with Crippen molar-refractivity contribution >= 4 is 17.5 Å². The highest BCUT2D eigenvalue weighted by Gasteiger charge is 2.15. The second-order valence-electron chi connectivity index (χ2n) is 4.90. The predicted molar refractivity (Wildman–Crippen MR) is 77.4 cm³/mol. The van der Waals surface area contributed by atoms with Crippen LogP contribution in [0.1, 0.15) is 5.56 Å². The Bertz CT molecular complexity index is 474. The molecule has 6 heteroatoms. The Hall–Kier alpha value is -1.92. The Morgan fingerprint density at radius 2 is 1.90 bits per heavy atom. The molecule has 0 fully saturated rings. The van der Waals surface area contributed by atoms with Gasteiger partial charge in [0.25, 0.3) is 0 Å². The molecule has 0 aliphatic rings. The Labute approximate surface area is 118 Å². The molecule has 0 aromatic heterocycles. The average molecular weight is 279 g/mol. The van der Waals surface area contributed by atoms with Crippen LogP contribution in [0.3, 0.4) is 0 Å². The monoisotopic (exact) mass is 279 g/mol. The van der Waals surface area contributed by atoms with Crippen molar-refractivity contribution in [1.82, 2.24) is 10.2 Å². The number of aryl methyl sites for hydroxylation is 1. The molecule has 0 aliphatic heterocycles. The number of para-hydroxylation sites is 1. The van der Waals surface area contributed by atoms with Gasteiger partial charge in [0.2, 0.25) is 0 Å². The van der Waals surface area contributed by atoms with E-state index in [0.29, 0.717) is 12.2 Å². The van der Waals surface area contributed by atoms with Crippen LogP contribution in [-0.4, -0.2) is 55.1 Å². The van der Waals surface area contributed by atoms with Crippen LogP contribution < -0.4 is 10.6 Å². The van der Waals surface area contributed by atoms with E-state index in [-0.39, 0.29) is 6.54 Å². The molecule has 1 rings (SSSR count). The first-order chi connectivity index (χ1) is 9.40. The smallest absolute Gasteiger partial charge is 0.313 e. The lowest BCUT2D eigenvalue weighted by molar-refractivity contribution is -0.136. The molecule has 0 bridgehead atoms. The molecule has 2 amide bonds. The van der Waals surface area contributed by atoms with Crippen molar-refractivity contribution in [3.63, 3.8) is 0 Å². The zero-order chi connectivity index (χ0) is 15.1. The van der Waals surface area contributed by atoms with E-state index < -0.39 is 17.9 Å². The second-order valence-corrected chi connectivity index (χ2v) is 4.90. The van der Waals surface area contributed by atoms with Crippen molar-refractivity contribution in [2.24, 2.45) is 0 Å². The highest BCUT2D eigenvalue weighted by molar-refractivity contribution is 6.39. The van der Waals surface area contributed by atoms with Gasteiger partial charge in [0.15, 0.2) is 0 Å². The van der Waals surface area contributed by atoms with E-state index in [0.717, 1.165) is 5.56 Å². The van der Waals surface area contributed by atoms with Gasteiger partial charge in [0.05, 0.1) is 6.10 Å². The van der Waals surface area contributed by atoms with Gasteiger partial charge in [-0.05, 0) is 32.6 Å². The van der Waals surface area contributed by atoms with E-state index in [9.17, 15) is 14.7 Å². The van der Waals surface area contributed by atoms with Gasteiger partial charge in [-0.2, -0.15) is 0 Å². The van der Waals surface area contributed by atoms with Gasteiger partial charge >= 0.3 is 11.8 Å². The number of aliphatic hydroxyl groups is 1. The Morgan fingerprint density at radius 1 is 1.25 bits per heavy atom. The van der Waals surface area contributed by atoms with E-state index >= 15 is 0 Å². The Kier molecular flexibility index (Phi) is 6.14. The first kappa shape index (κ1) is 16.1. The van der Waals surface area contributed by atoms with Gasteiger partial charge in [0.1, 0.15) is 0 Å². The number of carbonyl (C=O) groups is 2. The summed E-state index contributed by atoms with van der Waals surface area (Å²) in [5, 5.41) is 14.5. The molecule has 20 heavy (non-hydrogen) atoms. The number of aliphatic hydroxyl groups excluding tert-OH is 1.